The van der Waals surface area contributed by atoms with Crippen LogP contribution >= 0.6 is 0 Å². The minimum Gasteiger partial charge on any atom is -0.376 e. The maximum atomic E-state index is 13.0. The van der Waals surface area contributed by atoms with Crippen LogP contribution in [0.25, 0.3) is 0 Å². The SMILES string of the molecule is CC1CN(C(C)(CN)Cc2ccc(F)cc2)CCO1. The first kappa shape index (κ1) is 14.4. The van der Waals surface area contributed by atoms with E-state index in [1.54, 1.807) is 0 Å². The van der Waals surface area contributed by atoms with Crippen LogP contribution in [0.5, 0.6) is 0 Å². The van der Waals surface area contributed by atoms with E-state index in [2.05, 4.69) is 18.7 Å². The molecule has 2 atom stereocenters. The number of nitrogens with zero attached hydrogens (tertiary/aromatic N) is 1. The van der Waals surface area contributed by atoms with Gasteiger partial charge in [0.15, 0.2) is 0 Å². The van der Waals surface area contributed by atoms with Crippen molar-refractivity contribution < 1.29 is 9.13 Å². The first-order chi connectivity index (χ1) is 9.03. The molecular weight excluding hydrogens is 243 g/mol. The normalized spacial score (nSPS) is 24.1. The van der Waals surface area contributed by atoms with Crippen LogP contribution in [0.1, 0.15) is 19.4 Å². The van der Waals surface area contributed by atoms with Gasteiger partial charge in [-0.3, -0.25) is 4.90 Å². The van der Waals surface area contributed by atoms with Gasteiger partial charge >= 0.3 is 0 Å². The molecule has 0 radical (unpaired) electrons. The first-order valence-corrected chi connectivity index (χ1v) is 6.85. The Kier molecular flexibility index (Phi) is 4.55. The van der Waals surface area contributed by atoms with Crippen molar-refractivity contribution in [1.29, 1.82) is 0 Å². The molecule has 2 rings (SSSR count). The standard InChI is InChI=1S/C15H23FN2O/c1-12-10-18(7-8-19-12)15(2,11-17)9-13-3-5-14(16)6-4-13/h3-6,12H,7-11,17H2,1-2H3. The number of ether oxygens (including phenoxy) is 1. The van der Waals surface area contributed by atoms with E-state index in [0.29, 0.717) is 6.54 Å². The highest BCUT2D eigenvalue weighted by atomic mass is 19.1. The molecule has 3 nitrogen and oxygen atoms in total. The highest BCUT2D eigenvalue weighted by Crippen LogP contribution is 2.23. The molecule has 1 aromatic rings. The predicted octanol–water partition coefficient (Wildman–Crippen LogP) is 1.81. The average molecular weight is 266 g/mol. The molecule has 0 aliphatic carbocycles. The zero-order valence-electron chi connectivity index (χ0n) is 11.7. The molecule has 0 spiro atoms. The molecule has 2 unspecified atom stereocenters. The number of rotatable bonds is 4. The summed E-state index contributed by atoms with van der Waals surface area (Å²) < 4.78 is 18.5. The number of benzene rings is 1. The third-order valence-electron chi connectivity index (χ3n) is 3.94. The van der Waals surface area contributed by atoms with Crippen LogP contribution in [0.2, 0.25) is 0 Å². The number of halogens is 1. The van der Waals surface area contributed by atoms with Gasteiger partial charge < -0.3 is 10.5 Å². The lowest BCUT2D eigenvalue weighted by Crippen LogP contribution is -2.58. The fourth-order valence-electron chi connectivity index (χ4n) is 2.66. The van der Waals surface area contributed by atoms with Crippen LogP contribution in [0, 0.1) is 5.82 Å². The molecule has 4 heteroatoms. The van der Waals surface area contributed by atoms with E-state index < -0.39 is 0 Å². The zero-order valence-corrected chi connectivity index (χ0v) is 11.7. The molecule has 19 heavy (non-hydrogen) atoms. The third kappa shape index (κ3) is 3.53. The van der Waals surface area contributed by atoms with Gasteiger partial charge in [-0.15, -0.1) is 0 Å². The van der Waals surface area contributed by atoms with Gasteiger partial charge in [0.05, 0.1) is 12.7 Å². The Hall–Kier alpha value is -0.970. The lowest BCUT2D eigenvalue weighted by Gasteiger charge is -2.44. The average Bonchev–Trinajstić information content (AvgIpc) is 2.41. The van der Waals surface area contributed by atoms with Gasteiger partial charge in [0.2, 0.25) is 0 Å². The summed E-state index contributed by atoms with van der Waals surface area (Å²) in [5.41, 5.74) is 7.02. The van der Waals surface area contributed by atoms with Crippen molar-refractivity contribution in [2.75, 3.05) is 26.2 Å². The van der Waals surface area contributed by atoms with Crippen LogP contribution in [0.3, 0.4) is 0 Å². The van der Waals surface area contributed by atoms with Crippen LogP contribution in [-0.4, -0.2) is 42.8 Å². The van der Waals surface area contributed by atoms with Gasteiger partial charge in [0.1, 0.15) is 5.82 Å². The summed E-state index contributed by atoms with van der Waals surface area (Å²) in [6.45, 7) is 7.39. The van der Waals surface area contributed by atoms with Crippen molar-refractivity contribution in [3.8, 4) is 0 Å². The topological polar surface area (TPSA) is 38.5 Å². The fourth-order valence-corrected chi connectivity index (χ4v) is 2.66. The summed E-state index contributed by atoms with van der Waals surface area (Å²) in [6, 6.07) is 6.70. The second-order valence-electron chi connectivity index (χ2n) is 5.63. The molecule has 0 saturated carbocycles. The highest BCUT2D eigenvalue weighted by molar-refractivity contribution is 5.19. The van der Waals surface area contributed by atoms with E-state index in [1.807, 2.05) is 12.1 Å². The second-order valence-corrected chi connectivity index (χ2v) is 5.63. The molecule has 1 aliphatic heterocycles. The third-order valence-corrected chi connectivity index (χ3v) is 3.94. The Bertz CT molecular complexity index is 409. The van der Waals surface area contributed by atoms with E-state index >= 15 is 0 Å². The molecule has 1 fully saturated rings. The van der Waals surface area contributed by atoms with Gasteiger partial charge in [-0.1, -0.05) is 12.1 Å². The molecular formula is C15H23FN2O. The number of morpholine rings is 1. The fraction of sp³-hybridized carbons (Fsp3) is 0.600. The molecule has 0 bridgehead atoms. The van der Waals surface area contributed by atoms with Crippen molar-refractivity contribution in [1.82, 2.24) is 4.90 Å². The largest absolute Gasteiger partial charge is 0.376 e. The minimum absolute atomic E-state index is 0.101. The Morgan fingerprint density at radius 1 is 1.42 bits per heavy atom. The molecule has 0 aromatic heterocycles. The van der Waals surface area contributed by atoms with Gasteiger partial charge in [0, 0.05) is 25.2 Å². The van der Waals surface area contributed by atoms with Crippen molar-refractivity contribution in [3.05, 3.63) is 35.6 Å². The van der Waals surface area contributed by atoms with E-state index in [0.717, 1.165) is 31.7 Å². The van der Waals surface area contributed by atoms with Crippen LogP contribution in [0.15, 0.2) is 24.3 Å². The van der Waals surface area contributed by atoms with Crippen LogP contribution < -0.4 is 5.73 Å². The maximum Gasteiger partial charge on any atom is 0.123 e. The van der Waals surface area contributed by atoms with E-state index in [4.69, 9.17) is 10.5 Å². The van der Waals surface area contributed by atoms with E-state index in [1.165, 1.54) is 12.1 Å². The van der Waals surface area contributed by atoms with Crippen LogP contribution in [0.4, 0.5) is 4.39 Å². The summed E-state index contributed by atoms with van der Waals surface area (Å²) in [6.07, 6.45) is 1.07. The molecule has 1 heterocycles. The Morgan fingerprint density at radius 2 is 2.11 bits per heavy atom. The second kappa shape index (κ2) is 5.99. The number of hydrogen-bond acceptors (Lipinski definition) is 3. The van der Waals surface area contributed by atoms with Crippen molar-refractivity contribution in [2.45, 2.75) is 31.9 Å². The van der Waals surface area contributed by atoms with Gasteiger partial charge in [0.25, 0.3) is 0 Å². The van der Waals surface area contributed by atoms with Gasteiger partial charge in [-0.25, -0.2) is 4.39 Å². The molecule has 2 N–H and O–H groups in total. The molecule has 1 aromatic carbocycles. The van der Waals surface area contributed by atoms with E-state index in [9.17, 15) is 4.39 Å². The van der Waals surface area contributed by atoms with Crippen molar-refractivity contribution in [2.24, 2.45) is 5.73 Å². The zero-order chi connectivity index (χ0) is 13.9. The Balaban J connectivity index is 2.10. The predicted molar refractivity (Wildman–Crippen MR) is 74.6 cm³/mol. The number of hydrogen-bond donors (Lipinski definition) is 1. The first-order valence-electron chi connectivity index (χ1n) is 6.85. The maximum absolute atomic E-state index is 13.0. The molecule has 0 amide bonds. The van der Waals surface area contributed by atoms with Crippen molar-refractivity contribution >= 4 is 0 Å². The van der Waals surface area contributed by atoms with E-state index in [-0.39, 0.29) is 17.5 Å². The summed E-state index contributed by atoms with van der Waals surface area (Å²) in [5.74, 6) is -0.196. The molecule has 106 valence electrons. The Morgan fingerprint density at radius 3 is 2.68 bits per heavy atom. The lowest BCUT2D eigenvalue weighted by atomic mass is 9.90. The summed E-state index contributed by atoms with van der Waals surface area (Å²) in [4.78, 5) is 2.39. The smallest absolute Gasteiger partial charge is 0.123 e. The summed E-state index contributed by atoms with van der Waals surface area (Å²) in [7, 11) is 0. The Labute approximate surface area is 114 Å². The number of nitrogens with two attached hydrogens (primary N) is 1. The quantitative estimate of drug-likeness (QED) is 0.903. The lowest BCUT2D eigenvalue weighted by molar-refractivity contribution is -0.0560. The molecule has 1 saturated heterocycles. The van der Waals surface area contributed by atoms with Gasteiger partial charge in [-0.05, 0) is 38.0 Å². The minimum atomic E-state index is -0.196. The van der Waals surface area contributed by atoms with Crippen molar-refractivity contribution in [3.63, 3.8) is 0 Å². The summed E-state index contributed by atoms with van der Waals surface area (Å²) in [5, 5.41) is 0. The van der Waals surface area contributed by atoms with Gasteiger partial charge in [-0.2, -0.15) is 0 Å². The summed E-state index contributed by atoms with van der Waals surface area (Å²) >= 11 is 0. The highest BCUT2D eigenvalue weighted by Gasteiger charge is 2.33. The van der Waals surface area contributed by atoms with Crippen LogP contribution in [-0.2, 0) is 11.2 Å². The molecule has 1 aliphatic rings. The monoisotopic (exact) mass is 266 g/mol.